The third-order valence-corrected chi connectivity index (χ3v) is 9.53. The highest BCUT2D eigenvalue weighted by molar-refractivity contribution is 7.80. The Balaban J connectivity index is 1.33. The summed E-state index contributed by atoms with van der Waals surface area (Å²) in [6, 6.07) is 7.99. The fourth-order valence-electron chi connectivity index (χ4n) is 5.14. The number of hydrogen-bond donors (Lipinski definition) is 1. The second-order valence-electron chi connectivity index (χ2n) is 14.0. The second-order valence-corrected chi connectivity index (χ2v) is 15.7. The lowest BCUT2D eigenvalue weighted by molar-refractivity contribution is -0.153. The van der Waals surface area contributed by atoms with Gasteiger partial charge in [-0.25, -0.2) is 13.8 Å². The van der Waals surface area contributed by atoms with Crippen LogP contribution in [0.15, 0.2) is 48.8 Å². The first-order valence-electron chi connectivity index (χ1n) is 17.3. The summed E-state index contributed by atoms with van der Waals surface area (Å²) >= 11 is 10.1. The number of pyridine rings is 1. The molecule has 3 aromatic rings. The number of ether oxygens (including phenoxy) is 6. The van der Waals surface area contributed by atoms with Crippen LogP contribution in [0.1, 0.15) is 74.0 Å². The van der Waals surface area contributed by atoms with Crippen molar-refractivity contribution in [2.24, 2.45) is 11.8 Å². The van der Waals surface area contributed by atoms with Crippen LogP contribution in [0.4, 0.5) is 14.5 Å². The Hall–Kier alpha value is -4.25. The Morgan fingerprint density at radius 3 is 2.15 bits per heavy atom. The highest BCUT2D eigenvalue weighted by Crippen LogP contribution is 2.38. The molecule has 1 heterocycles. The second kappa shape index (κ2) is 18.6. The largest absolute Gasteiger partial charge is 0.491 e. The summed E-state index contributed by atoms with van der Waals surface area (Å²) in [7, 11) is 0. The summed E-state index contributed by atoms with van der Waals surface area (Å²) in [5, 5.41) is 0.362. The molecule has 0 spiro atoms. The van der Waals surface area contributed by atoms with E-state index in [-0.39, 0.29) is 70.0 Å². The monoisotopic (exact) mass is 828 g/mol. The zero-order chi connectivity index (χ0) is 39.9. The Bertz CT molecular complexity index is 1870. The molecule has 0 amide bonds. The third kappa shape index (κ3) is 12.9. The first-order chi connectivity index (χ1) is 26.1. The van der Waals surface area contributed by atoms with Gasteiger partial charge in [0.25, 0.3) is 11.3 Å². The molecule has 2 saturated carbocycles. The molecule has 0 saturated heterocycles. The quantitative estimate of drug-likeness (QED) is 0.0720. The van der Waals surface area contributed by atoms with Gasteiger partial charge in [-0.2, -0.15) is 8.78 Å². The standard InChI is InChI=1S/C37H40Cl2F2N2O11S/c1-37(2,3)54-33(44)17-43(55(47)48)28-10-8-24(13-31(28)49-18-21-4-5-21)35(46)51-20-34(45)52-30(14-25-26(38)15-42-16-27(25)39)23-9-11-29(53-36(40)41)32(12-23)50-19-22-6-7-22/h8-13,15-16,21-22,30,36H,4-7,14,17-20H2,1-3H3,(H,47,48)/t30-/m0/s1. The lowest BCUT2D eigenvalue weighted by Crippen LogP contribution is -2.36. The molecule has 5 rings (SSSR count). The molecule has 55 heavy (non-hydrogen) atoms. The van der Waals surface area contributed by atoms with E-state index in [0.29, 0.717) is 11.1 Å². The lowest BCUT2D eigenvalue weighted by atomic mass is 10.0. The molecule has 0 bridgehead atoms. The number of aromatic nitrogens is 1. The molecule has 0 aliphatic heterocycles. The maximum Gasteiger partial charge on any atom is 0.387 e. The molecule has 2 aliphatic carbocycles. The fraction of sp³-hybridized carbons (Fsp3) is 0.459. The number of rotatable bonds is 19. The van der Waals surface area contributed by atoms with E-state index in [1.165, 1.54) is 48.8 Å². The van der Waals surface area contributed by atoms with Gasteiger partial charge in [0.2, 0.25) is 0 Å². The maximum absolute atomic E-state index is 13.2. The van der Waals surface area contributed by atoms with Gasteiger partial charge in [-0.3, -0.25) is 18.6 Å². The van der Waals surface area contributed by atoms with E-state index < -0.39 is 60.6 Å². The Kier molecular flexibility index (Phi) is 14.2. The molecule has 0 radical (unpaired) electrons. The van der Waals surface area contributed by atoms with Gasteiger partial charge in [-0.05, 0) is 99.7 Å². The molecule has 1 N–H and O–H groups in total. The van der Waals surface area contributed by atoms with Crippen LogP contribution in [-0.2, 0) is 41.5 Å². The van der Waals surface area contributed by atoms with Crippen LogP contribution in [0.5, 0.6) is 17.2 Å². The zero-order valence-corrected chi connectivity index (χ0v) is 32.5. The molecule has 18 heteroatoms. The van der Waals surface area contributed by atoms with Gasteiger partial charge in [0.05, 0.1) is 34.5 Å². The van der Waals surface area contributed by atoms with Crippen LogP contribution in [-0.4, -0.2) is 70.2 Å². The number of hydrogen-bond acceptors (Lipinski definition) is 11. The van der Waals surface area contributed by atoms with Gasteiger partial charge in [0.1, 0.15) is 24.0 Å². The summed E-state index contributed by atoms with van der Waals surface area (Å²) in [4.78, 5) is 43.0. The lowest BCUT2D eigenvalue weighted by Gasteiger charge is -2.25. The minimum atomic E-state index is -3.11. The molecular weight excluding hydrogens is 789 g/mol. The number of alkyl halides is 2. The van der Waals surface area contributed by atoms with Crippen LogP contribution >= 0.6 is 23.2 Å². The SMILES string of the molecule is CC(C)(C)OC(=O)CN(c1ccc(C(=O)OCC(=O)O[C@@H](Cc2c(Cl)cncc2Cl)c2ccc(OC(F)F)c(OCC3CC3)c2)cc1OCC1CC1)S(=O)O. The van der Waals surface area contributed by atoms with Gasteiger partial charge in [0, 0.05) is 18.8 Å². The predicted molar refractivity (Wildman–Crippen MR) is 197 cm³/mol. The minimum Gasteiger partial charge on any atom is -0.491 e. The summed E-state index contributed by atoms with van der Waals surface area (Å²) in [5.41, 5.74) is -0.166. The van der Waals surface area contributed by atoms with Crippen molar-refractivity contribution < 1.29 is 60.3 Å². The van der Waals surface area contributed by atoms with Crippen molar-refractivity contribution >= 4 is 58.1 Å². The van der Waals surface area contributed by atoms with Gasteiger partial charge in [-0.1, -0.05) is 29.3 Å². The van der Waals surface area contributed by atoms with E-state index in [1.807, 2.05) is 0 Å². The summed E-state index contributed by atoms with van der Waals surface area (Å²) in [5.74, 6) is -2.32. The van der Waals surface area contributed by atoms with Crippen molar-refractivity contribution in [2.45, 2.75) is 71.2 Å². The molecule has 1 unspecified atom stereocenters. The van der Waals surface area contributed by atoms with E-state index in [9.17, 15) is 31.9 Å². The van der Waals surface area contributed by atoms with Crippen LogP contribution in [0.25, 0.3) is 0 Å². The fourth-order valence-corrected chi connectivity index (χ4v) is 6.19. The topological polar surface area (TPSA) is 160 Å². The first-order valence-corrected chi connectivity index (χ1v) is 19.1. The molecular formula is C37H40Cl2F2N2O11S. The van der Waals surface area contributed by atoms with Crippen molar-refractivity contribution in [3.8, 4) is 17.2 Å². The summed E-state index contributed by atoms with van der Waals surface area (Å²) < 4.78 is 82.4. The molecule has 2 atom stereocenters. The average molecular weight is 830 g/mol. The van der Waals surface area contributed by atoms with Gasteiger partial charge in [-0.15, -0.1) is 0 Å². The van der Waals surface area contributed by atoms with Crippen molar-refractivity contribution in [3.63, 3.8) is 0 Å². The van der Waals surface area contributed by atoms with E-state index in [1.54, 1.807) is 20.8 Å². The van der Waals surface area contributed by atoms with E-state index in [2.05, 4.69) is 9.72 Å². The minimum absolute atomic E-state index is 0.0157. The van der Waals surface area contributed by atoms with Gasteiger partial charge < -0.3 is 28.4 Å². The molecule has 2 aliphatic rings. The smallest absolute Gasteiger partial charge is 0.387 e. The number of carbonyl (C=O) groups is 3. The number of halogens is 4. The molecule has 13 nitrogen and oxygen atoms in total. The highest BCUT2D eigenvalue weighted by atomic mass is 35.5. The van der Waals surface area contributed by atoms with Crippen LogP contribution in [0.2, 0.25) is 10.0 Å². The van der Waals surface area contributed by atoms with E-state index >= 15 is 0 Å². The van der Waals surface area contributed by atoms with Crippen molar-refractivity contribution in [1.82, 2.24) is 4.98 Å². The van der Waals surface area contributed by atoms with Crippen molar-refractivity contribution in [2.75, 3.05) is 30.7 Å². The summed E-state index contributed by atoms with van der Waals surface area (Å²) in [6.45, 7) is 0.949. The molecule has 2 aromatic carbocycles. The molecule has 298 valence electrons. The normalized spacial score (nSPS) is 15.1. The number of anilines is 1. The van der Waals surface area contributed by atoms with Crippen LogP contribution in [0, 0.1) is 11.8 Å². The number of nitrogens with zero attached hydrogens (tertiary/aromatic N) is 2. The number of carbonyl (C=O) groups excluding carboxylic acids is 3. The Labute approximate surface area is 328 Å². The molecule has 1 aromatic heterocycles. The van der Waals surface area contributed by atoms with Crippen LogP contribution < -0.4 is 18.5 Å². The van der Waals surface area contributed by atoms with Crippen LogP contribution in [0.3, 0.4) is 0 Å². The van der Waals surface area contributed by atoms with Gasteiger partial charge in [0.15, 0.2) is 18.1 Å². The third-order valence-electron chi connectivity index (χ3n) is 8.18. The zero-order valence-electron chi connectivity index (χ0n) is 30.1. The number of benzene rings is 2. The predicted octanol–water partition coefficient (Wildman–Crippen LogP) is 7.54. The van der Waals surface area contributed by atoms with Crippen molar-refractivity contribution in [1.29, 1.82) is 0 Å². The van der Waals surface area contributed by atoms with Gasteiger partial charge >= 0.3 is 24.5 Å². The first kappa shape index (κ1) is 41.9. The Morgan fingerprint density at radius 1 is 0.927 bits per heavy atom. The average Bonchev–Trinajstić information content (AvgIpc) is 4.05. The van der Waals surface area contributed by atoms with Crippen molar-refractivity contribution in [3.05, 3.63) is 75.5 Å². The van der Waals surface area contributed by atoms with E-state index in [0.717, 1.165) is 30.0 Å². The summed E-state index contributed by atoms with van der Waals surface area (Å²) in [6.07, 6.45) is 5.25. The maximum atomic E-state index is 13.2. The number of esters is 3. The Morgan fingerprint density at radius 2 is 1.56 bits per heavy atom. The van der Waals surface area contributed by atoms with E-state index in [4.69, 9.17) is 46.9 Å². The highest BCUT2D eigenvalue weighted by Gasteiger charge is 2.29. The molecule has 2 fully saturated rings.